The van der Waals surface area contributed by atoms with E-state index in [2.05, 4.69) is 100 Å². The van der Waals surface area contributed by atoms with E-state index in [-0.39, 0.29) is 62.4 Å². The zero-order valence-corrected chi connectivity index (χ0v) is 28.0. The number of hydrogen-bond acceptors (Lipinski definition) is 0. The van der Waals surface area contributed by atoms with E-state index in [4.69, 9.17) is 0 Å². The average molecular weight is 609 g/mol. The molecule has 0 atom stereocenters. The topological polar surface area (TPSA) is 0 Å². The van der Waals surface area contributed by atoms with E-state index < -0.39 is 0 Å². The van der Waals surface area contributed by atoms with E-state index in [1.807, 2.05) is 0 Å². The monoisotopic (exact) mass is 608 g/mol. The first kappa shape index (κ1) is 36.8. The number of halogens is 2. The van der Waals surface area contributed by atoms with E-state index >= 15 is 0 Å². The number of rotatable bonds is 12. The molecule has 0 saturated carbocycles. The van der Waals surface area contributed by atoms with Crippen molar-refractivity contribution in [2.75, 3.05) is 24.6 Å². The number of benzene rings is 2. The Kier molecular flexibility index (Phi) is 20.6. The van der Waals surface area contributed by atoms with Crippen LogP contribution in [0.25, 0.3) is 21.5 Å². The molecular weight excluding hydrogens is 565 g/mol. The van der Waals surface area contributed by atoms with Gasteiger partial charge >= 0.3 is 21.7 Å². The van der Waals surface area contributed by atoms with Crippen molar-refractivity contribution >= 4 is 48.0 Å². The first-order chi connectivity index (χ1) is 16.7. The maximum atomic E-state index is 2.44. The summed E-state index contributed by atoms with van der Waals surface area (Å²) in [5.74, 6) is 0. The Morgan fingerprint density at radius 1 is 0.541 bits per heavy atom. The van der Waals surface area contributed by atoms with Crippen LogP contribution in [0.2, 0.25) is 0 Å². The van der Waals surface area contributed by atoms with Crippen LogP contribution in [0.1, 0.15) is 66.2 Å². The third-order valence-corrected chi connectivity index (χ3v) is 12.1. The van der Waals surface area contributed by atoms with E-state index in [1.54, 1.807) is 10.6 Å². The van der Waals surface area contributed by atoms with Crippen molar-refractivity contribution in [3.05, 3.63) is 72.8 Å². The summed E-state index contributed by atoms with van der Waals surface area (Å²) < 4.78 is 0. The molecule has 0 unspecified atom stereocenters. The standard InChI is InChI=1S/C17H24P.C15H20P.2ClH.Ti/c1-3-5-11-18(12-6-4-2)17-13-15-9-7-8-10-16(15)14-17;1-3-9-16(10-4-2)15-11-13-7-5-6-8-14(13)12-15;;;/h7-10,13-14H,3-6,11-12H2,1-2H3;5-8,11-12H,3-4,9-10H2,1-2H3;2*1H;/q2*-1;;;+4/p-2. The molecular formula is C32H44Cl2P2Ti. The van der Waals surface area contributed by atoms with Gasteiger partial charge in [0.2, 0.25) is 0 Å². The Morgan fingerprint density at radius 2 is 0.919 bits per heavy atom. The normalized spacial score (nSPS) is 10.5. The van der Waals surface area contributed by atoms with Crippen LogP contribution in [0.15, 0.2) is 72.8 Å². The van der Waals surface area contributed by atoms with Crippen LogP contribution in [0.5, 0.6) is 0 Å². The zero-order valence-electron chi connectivity index (χ0n) is 23.1. The third kappa shape index (κ3) is 11.4. The van der Waals surface area contributed by atoms with Crippen LogP contribution < -0.4 is 35.4 Å². The fourth-order valence-corrected chi connectivity index (χ4v) is 9.85. The molecule has 0 heterocycles. The Hall–Kier alpha value is -0.186. The number of hydrogen-bond donors (Lipinski definition) is 0. The largest absolute Gasteiger partial charge is 4.00 e. The van der Waals surface area contributed by atoms with Gasteiger partial charge in [-0.15, -0.1) is 80.7 Å². The zero-order chi connectivity index (χ0) is 24.2. The molecule has 4 rings (SSSR count). The minimum Gasteiger partial charge on any atom is -1.00 e. The van der Waals surface area contributed by atoms with E-state index in [1.165, 1.54) is 84.7 Å². The van der Waals surface area contributed by atoms with Crippen molar-refractivity contribution in [1.82, 2.24) is 0 Å². The first-order valence-corrected chi connectivity index (χ1v) is 16.9. The van der Waals surface area contributed by atoms with E-state index in [9.17, 15) is 0 Å². The summed E-state index contributed by atoms with van der Waals surface area (Å²) in [4.78, 5) is 0. The summed E-state index contributed by atoms with van der Waals surface area (Å²) in [6.07, 6.45) is 13.7. The molecule has 0 saturated heterocycles. The predicted molar refractivity (Wildman–Crippen MR) is 162 cm³/mol. The van der Waals surface area contributed by atoms with Gasteiger partial charge in [0.25, 0.3) is 0 Å². The minimum atomic E-state index is 0. The summed E-state index contributed by atoms with van der Waals surface area (Å²) in [5.41, 5.74) is 0. The van der Waals surface area contributed by atoms with Gasteiger partial charge in [-0.1, -0.05) is 81.4 Å². The van der Waals surface area contributed by atoms with E-state index in [0.717, 1.165) is 0 Å². The molecule has 0 aliphatic carbocycles. The number of unbranched alkanes of at least 4 members (excludes halogenated alkanes) is 2. The fourth-order valence-electron chi connectivity index (χ4n) is 4.61. The molecule has 0 aliphatic rings. The third-order valence-electron chi connectivity index (χ3n) is 6.49. The Labute approximate surface area is 256 Å². The Morgan fingerprint density at radius 3 is 1.27 bits per heavy atom. The molecule has 0 fully saturated rings. The van der Waals surface area contributed by atoms with Crippen molar-refractivity contribution in [1.29, 1.82) is 0 Å². The molecule has 37 heavy (non-hydrogen) atoms. The summed E-state index contributed by atoms with van der Waals surface area (Å²) in [6, 6.07) is 27.2. The van der Waals surface area contributed by atoms with Crippen LogP contribution in [0.4, 0.5) is 0 Å². The Bertz CT molecular complexity index is 1020. The van der Waals surface area contributed by atoms with Crippen LogP contribution in [-0.4, -0.2) is 24.6 Å². The van der Waals surface area contributed by atoms with Gasteiger partial charge in [0.15, 0.2) is 0 Å². The summed E-state index contributed by atoms with van der Waals surface area (Å²) >= 11 is 0. The van der Waals surface area contributed by atoms with Crippen LogP contribution >= 0.6 is 15.8 Å². The smallest absolute Gasteiger partial charge is 1.00 e. The van der Waals surface area contributed by atoms with E-state index in [0.29, 0.717) is 0 Å². The molecule has 0 spiro atoms. The van der Waals surface area contributed by atoms with Gasteiger partial charge in [-0.05, 0) is 37.5 Å². The summed E-state index contributed by atoms with van der Waals surface area (Å²) in [6.45, 7) is 9.20. The van der Waals surface area contributed by atoms with Gasteiger partial charge in [0.05, 0.1) is 0 Å². The molecule has 0 aromatic heterocycles. The van der Waals surface area contributed by atoms with Gasteiger partial charge in [-0.25, -0.2) is 0 Å². The Balaban J connectivity index is 0.000000651. The maximum absolute atomic E-state index is 2.44. The molecule has 200 valence electrons. The second-order valence-electron chi connectivity index (χ2n) is 9.37. The second-order valence-corrected chi connectivity index (χ2v) is 14.3. The van der Waals surface area contributed by atoms with Gasteiger partial charge in [0, 0.05) is 0 Å². The van der Waals surface area contributed by atoms with Crippen molar-refractivity contribution < 1.29 is 46.5 Å². The molecule has 4 aromatic rings. The van der Waals surface area contributed by atoms with Crippen molar-refractivity contribution in [3.63, 3.8) is 0 Å². The first-order valence-electron chi connectivity index (χ1n) is 13.5. The van der Waals surface area contributed by atoms with Crippen molar-refractivity contribution in [2.24, 2.45) is 0 Å². The van der Waals surface area contributed by atoms with Gasteiger partial charge in [0.1, 0.15) is 0 Å². The molecule has 4 aromatic carbocycles. The quantitative estimate of drug-likeness (QED) is 0.131. The fraction of sp³-hybridized carbons (Fsp3) is 0.438. The van der Waals surface area contributed by atoms with Crippen molar-refractivity contribution in [3.8, 4) is 0 Å². The SMILES string of the molecule is CCCCP(CCCC)c1cc2ccccc2[cH-]1.CCCP(CCC)c1cc2ccccc2[cH-]1.[Cl-].[Cl-].[Ti+4]. The molecule has 0 bridgehead atoms. The minimum absolute atomic E-state index is 0. The van der Waals surface area contributed by atoms with Crippen molar-refractivity contribution in [2.45, 2.75) is 66.2 Å². The average Bonchev–Trinajstić information content (AvgIpc) is 3.49. The van der Waals surface area contributed by atoms with Gasteiger partial charge < -0.3 is 24.8 Å². The predicted octanol–water partition coefficient (Wildman–Crippen LogP) is 3.76. The van der Waals surface area contributed by atoms with Gasteiger partial charge in [-0.3, -0.25) is 0 Å². The second kappa shape index (κ2) is 20.7. The van der Waals surface area contributed by atoms with Crippen LogP contribution in [0, 0.1) is 0 Å². The molecule has 5 heteroatoms. The molecule has 0 aliphatic heterocycles. The summed E-state index contributed by atoms with van der Waals surface area (Å²) in [5, 5.41) is 8.92. The van der Waals surface area contributed by atoms with Crippen LogP contribution in [-0.2, 0) is 21.7 Å². The summed E-state index contributed by atoms with van der Waals surface area (Å²) in [7, 11) is 0.183. The molecule has 0 amide bonds. The maximum Gasteiger partial charge on any atom is 4.00 e. The number of fused-ring (bicyclic) bond motifs is 2. The molecule has 0 nitrogen and oxygen atoms in total. The molecule has 0 radical (unpaired) electrons. The molecule has 0 N–H and O–H groups in total. The van der Waals surface area contributed by atoms with Gasteiger partial charge in [-0.2, -0.15) is 12.1 Å². The van der Waals surface area contributed by atoms with Crippen LogP contribution in [0.3, 0.4) is 0 Å².